The van der Waals surface area contributed by atoms with Gasteiger partial charge in [-0.2, -0.15) is 4.37 Å². The zero-order valence-corrected chi connectivity index (χ0v) is 13.9. The van der Waals surface area contributed by atoms with Crippen molar-refractivity contribution in [3.8, 4) is 5.88 Å². The molecule has 2 aliphatic rings. The van der Waals surface area contributed by atoms with Crippen LogP contribution in [0, 0.1) is 0 Å². The van der Waals surface area contributed by atoms with Gasteiger partial charge >= 0.3 is 0 Å². The number of hydrogen-bond acceptors (Lipinski definition) is 8. The second-order valence-electron chi connectivity index (χ2n) is 6.06. The van der Waals surface area contributed by atoms with E-state index in [1.165, 1.54) is 19.2 Å². The summed E-state index contributed by atoms with van der Waals surface area (Å²) in [6.07, 6.45) is 6.15. The first kappa shape index (κ1) is 14.6. The van der Waals surface area contributed by atoms with Crippen molar-refractivity contribution in [3.63, 3.8) is 0 Å². The maximum absolute atomic E-state index is 5.13. The summed E-state index contributed by atoms with van der Waals surface area (Å²) < 4.78 is 9.63. The molecule has 1 N–H and O–H groups in total. The summed E-state index contributed by atoms with van der Waals surface area (Å²) in [5.41, 5.74) is 0. The highest BCUT2D eigenvalue weighted by molar-refractivity contribution is 7.09. The lowest BCUT2D eigenvalue weighted by Gasteiger charge is -2.32. The van der Waals surface area contributed by atoms with E-state index in [4.69, 9.17) is 9.72 Å². The number of rotatable bonds is 5. The third kappa shape index (κ3) is 3.36. The van der Waals surface area contributed by atoms with Crippen LogP contribution in [0.3, 0.4) is 0 Å². The summed E-state index contributed by atoms with van der Waals surface area (Å²) in [5, 5.41) is 4.55. The Kier molecular flexibility index (Phi) is 3.99. The zero-order valence-electron chi connectivity index (χ0n) is 13.1. The number of aromatic nitrogens is 4. The van der Waals surface area contributed by atoms with Gasteiger partial charge in [-0.15, -0.1) is 0 Å². The molecule has 0 unspecified atom stereocenters. The van der Waals surface area contributed by atoms with Crippen molar-refractivity contribution < 1.29 is 4.74 Å². The van der Waals surface area contributed by atoms with Crippen LogP contribution in [0.5, 0.6) is 5.88 Å². The summed E-state index contributed by atoms with van der Waals surface area (Å²) in [5.74, 6) is 3.09. The summed E-state index contributed by atoms with van der Waals surface area (Å²) >= 11 is 1.54. The zero-order chi connectivity index (χ0) is 15.6. The van der Waals surface area contributed by atoms with Gasteiger partial charge in [-0.3, -0.25) is 0 Å². The molecule has 0 bridgehead atoms. The van der Waals surface area contributed by atoms with Crippen LogP contribution in [0.2, 0.25) is 0 Å². The number of hydrogen-bond donors (Lipinski definition) is 1. The van der Waals surface area contributed by atoms with Gasteiger partial charge < -0.3 is 15.0 Å². The monoisotopic (exact) mass is 332 g/mol. The molecule has 2 fully saturated rings. The Morgan fingerprint density at radius 1 is 1.22 bits per heavy atom. The number of nitrogens with zero attached hydrogens (tertiary/aromatic N) is 5. The highest BCUT2D eigenvalue weighted by Gasteiger charge is 2.29. The first-order valence-corrected chi connectivity index (χ1v) is 8.80. The number of piperidine rings is 1. The molecule has 2 aromatic rings. The molecule has 1 saturated carbocycles. The molecule has 4 rings (SSSR count). The van der Waals surface area contributed by atoms with Crippen molar-refractivity contribution in [1.82, 2.24) is 19.3 Å². The average molecular weight is 332 g/mol. The fourth-order valence-corrected chi connectivity index (χ4v) is 3.61. The minimum atomic E-state index is 0.418. The molecule has 0 atom stereocenters. The smallest absolute Gasteiger partial charge is 0.218 e. The highest BCUT2D eigenvalue weighted by Crippen LogP contribution is 2.40. The van der Waals surface area contributed by atoms with Crippen molar-refractivity contribution in [3.05, 3.63) is 18.2 Å². The molecule has 1 saturated heterocycles. The third-order valence-electron chi connectivity index (χ3n) is 4.34. The Morgan fingerprint density at radius 2 is 2.04 bits per heavy atom. The van der Waals surface area contributed by atoms with Gasteiger partial charge in [-0.1, -0.05) is 0 Å². The fourth-order valence-electron chi connectivity index (χ4n) is 2.82. The van der Waals surface area contributed by atoms with Gasteiger partial charge in [0.2, 0.25) is 11.0 Å². The first-order chi connectivity index (χ1) is 11.3. The predicted molar refractivity (Wildman–Crippen MR) is 89.3 cm³/mol. The van der Waals surface area contributed by atoms with Crippen molar-refractivity contribution in [2.75, 3.05) is 30.4 Å². The van der Waals surface area contributed by atoms with Crippen molar-refractivity contribution >= 4 is 22.5 Å². The Morgan fingerprint density at radius 3 is 2.78 bits per heavy atom. The molecule has 23 heavy (non-hydrogen) atoms. The molecule has 1 aliphatic heterocycles. The SMILES string of the molecule is COc1cc(NC2CCN(c3nc(C4CC4)ns3)CC2)ncn1. The Labute approximate surface area is 139 Å². The molecule has 0 aromatic carbocycles. The van der Waals surface area contributed by atoms with Gasteiger partial charge in [0.05, 0.1) is 7.11 Å². The summed E-state index contributed by atoms with van der Waals surface area (Å²) in [6, 6.07) is 2.25. The van der Waals surface area contributed by atoms with Crippen LogP contribution in [0.15, 0.2) is 12.4 Å². The Hall–Kier alpha value is -1.96. The lowest BCUT2D eigenvalue weighted by Crippen LogP contribution is -2.39. The van der Waals surface area contributed by atoms with Gasteiger partial charge in [-0.25, -0.2) is 15.0 Å². The van der Waals surface area contributed by atoms with Gasteiger partial charge in [-0.05, 0) is 25.7 Å². The van der Waals surface area contributed by atoms with Crippen molar-refractivity contribution in [2.45, 2.75) is 37.6 Å². The molecule has 0 amide bonds. The van der Waals surface area contributed by atoms with Crippen LogP contribution < -0.4 is 15.0 Å². The van der Waals surface area contributed by atoms with Crippen LogP contribution in [0.4, 0.5) is 10.9 Å². The van der Waals surface area contributed by atoms with E-state index >= 15 is 0 Å². The highest BCUT2D eigenvalue weighted by atomic mass is 32.1. The molecular weight excluding hydrogens is 312 g/mol. The predicted octanol–water partition coefficient (Wildman–Crippen LogP) is 2.29. The second-order valence-corrected chi connectivity index (χ2v) is 6.79. The summed E-state index contributed by atoms with van der Waals surface area (Å²) in [7, 11) is 1.61. The van der Waals surface area contributed by atoms with E-state index in [2.05, 4.69) is 24.6 Å². The summed E-state index contributed by atoms with van der Waals surface area (Å²) in [6.45, 7) is 2.00. The van der Waals surface area contributed by atoms with E-state index < -0.39 is 0 Å². The van der Waals surface area contributed by atoms with Gasteiger partial charge in [0, 0.05) is 42.6 Å². The molecule has 2 aromatic heterocycles. The minimum Gasteiger partial charge on any atom is -0.481 e. The van der Waals surface area contributed by atoms with E-state index in [9.17, 15) is 0 Å². The lowest BCUT2D eigenvalue weighted by atomic mass is 10.1. The van der Waals surface area contributed by atoms with Gasteiger partial charge in [0.15, 0.2) is 0 Å². The topological polar surface area (TPSA) is 76.1 Å². The third-order valence-corrected chi connectivity index (χ3v) is 5.13. The maximum Gasteiger partial charge on any atom is 0.218 e. The largest absolute Gasteiger partial charge is 0.481 e. The van der Waals surface area contributed by atoms with Crippen LogP contribution in [0.25, 0.3) is 0 Å². The van der Waals surface area contributed by atoms with Gasteiger partial charge in [0.1, 0.15) is 18.0 Å². The average Bonchev–Trinajstić information content (AvgIpc) is 3.33. The van der Waals surface area contributed by atoms with Crippen LogP contribution in [-0.2, 0) is 0 Å². The Balaban J connectivity index is 1.33. The van der Waals surface area contributed by atoms with E-state index in [1.54, 1.807) is 18.6 Å². The van der Waals surface area contributed by atoms with Crippen LogP contribution >= 0.6 is 11.5 Å². The van der Waals surface area contributed by atoms with Gasteiger partial charge in [0.25, 0.3) is 0 Å². The summed E-state index contributed by atoms with van der Waals surface area (Å²) in [4.78, 5) is 15.3. The number of ether oxygens (including phenoxy) is 1. The van der Waals surface area contributed by atoms with E-state index in [1.807, 2.05) is 6.07 Å². The first-order valence-electron chi connectivity index (χ1n) is 8.03. The molecule has 0 radical (unpaired) electrons. The fraction of sp³-hybridized carbons (Fsp3) is 0.600. The Bertz CT molecular complexity index is 665. The molecule has 3 heterocycles. The van der Waals surface area contributed by atoms with Crippen molar-refractivity contribution in [1.29, 1.82) is 0 Å². The quantitative estimate of drug-likeness (QED) is 0.900. The van der Waals surface area contributed by atoms with E-state index in [-0.39, 0.29) is 0 Å². The standard InChI is InChI=1S/C15H20N6OS/c1-22-13-8-12(16-9-17-13)18-11-4-6-21(7-5-11)15-19-14(20-23-15)10-2-3-10/h8-11H,2-7H2,1H3,(H,16,17,18). The number of methoxy groups -OCH3 is 1. The lowest BCUT2D eigenvalue weighted by molar-refractivity contribution is 0.397. The maximum atomic E-state index is 5.13. The van der Waals surface area contributed by atoms with E-state index in [0.29, 0.717) is 17.8 Å². The molecule has 8 heteroatoms. The molecule has 1 aliphatic carbocycles. The number of anilines is 2. The van der Waals surface area contributed by atoms with Crippen LogP contribution in [0.1, 0.15) is 37.4 Å². The molecular formula is C15H20N6OS. The second kappa shape index (κ2) is 6.27. The van der Waals surface area contributed by atoms with Crippen LogP contribution in [-0.4, -0.2) is 45.6 Å². The normalized spacial score (nSPS) is 18.9. The minimum absolute atomic E-state index is 0.418. The molecule has 0 spiro atoms. The van der Waals surface area contributed by atoms with Crippen molar-refractivity contribution in [2.24, 2.45) is 0 Å². The molecule has 122 valence electrons. The number of nitrogens with one attached hydrogen (secondary N) is 1. The van der Waals surface area contributed by atoms with E-state index in [0.717, 1.165) is 42.7 Å². The molecule has 7 nitrogen and oxygen atoms in total.